The molecule has 2 rings (SSSR count). The number of aromatic nitrogens is 1. The number of rotatable bonds is 3. The summed E-state index contributed by atoms with van der Waals surface area (Å²) in [7, 11) is 0. The van der Waals surface area contributed by atoms with Crippen molar-refractivity contribution in [1.82, 2.24) is 10.3 Å². The first-order valence-electron chi connectivity index (χ1n) is 5.79. The molecule has 0 saturated heterocycles. The number of H-pyrrole nitrogens is 1. The highest BCUT2D eigenvalue weighted by atomic mass is 16.4. The second-order valence-corrected chi connectivity index (χ2v) is 3.73. The van der Waals surface area contributed by atoms with Gasteiger partial charge in [-0.1, -0.05) is 18.2 Å². The van der Waals surface area contributed by atoms with Crippen LogP contribution in [0.2, 0.25) is 0 Å². The third-order valence-electron chi connectivity index (χ3n) is 2.36. The molecule has 1 aromatic carbocycles. The highest BCUT2D eigenvalue weighted by Crippen LogP contribution is 2.19. The lowest BCUT2D eigenvalue weighted by atomic mass is 10.1. The maximum atomic E-state index is 11.1. The molecule has 0 aliphatic heterocycles. The van der Waals surface area contributed by atoms with Gasteiger partial charge in [-0.15, -0.1) is 0 Å². The summed E-state index contributed by atoms with van der Waals surface area (Å²) in [6, 6.07) is 7.00. The predicted octanol–water partition coefficient (Wildman–Crippen LogP) is 1.73. The van der Waals surface area contributed by atoms with Crippen LogP contribution in [0.1, 0.15) is 13.9 Å². The van der Waals surface area contributed by atoms with Crippen LogP contribution in [0.25, 0.3) is 17.0 Å². The van der Waals surface area contributed by atoms with Gasteiger partial charge in [0, 0.05) is 29.6 Å². The molecule has 0 aliphatic carbocycles. The maximum absolute atomic E-state index is 11.1. The van der Waals surface area contributed by atoms with Crippen LogP contribution in [0.5, 0.6) is 0 Å². The lowest BCUT2D eigenvalue weighted by Gasteiger charge is -2.02. The average molecular weight is 245 g/mol. The standard InChI is InChI=1S/C13H12N2O3/c1-8(16)15-12(13(17)18)6-9-7-14-11-5-3-2-4-10(9)11/h2-7,14H,1H3,(H,15,16)(H,17,18)/b12-6-/i6D. The summed E-state index contributed by atoms with van der Waals surface area (Å²) >= 11 is 0. The molecule has 1 heterocycles. The number of aliphatic carboxylic acids is 1. The number of nitrogens with one attached hydrogen (secondary N) is 2. The molecule has 5 heteroatoms. The third kappa shape index (κ3) is 2.40. The van der Waals surface area contributed by atoms with Crippen molar-refractivity contribution in [3.05, 3.63) is 41.7 Å². The van der Waals surface area contributed by atoms with E-state index in [9.17, 15) is 9.59 Å². The van der Waals surface area contributed by atoms with Gasteiger partial charge in [-0.2, -0.15) is 0 Å². The number of fused-ring (bicyclic) bond motifs is 1. The molecule has 0 radical (unpaired) electrons. The van der Waals surface area contributed by atoms with Crippen LogP contribution < -0.4 is 5.32 Å². The molecule has 0 spiro atoms. The van der Waals surface area contributed by atoms with Gasteiger partial charge in [0.25, 0.3) is 0 Å². The van der Waals surface area contributed by atoms with Crippen LogP contribution >= 0.6 is 0 Å². The number of aromatic amines is 1. The number of hydrogen-bond donors (Lipinski definition) is 3. The molecule has 2 aromatic rings. The van der Waals surface area contributed by atoms with E-state index in [1.165, 1.54) is 6.92 Å². The minimum absolute atomic E-state index is 0.236. The highest BCUT2D eigenvalue weighted by molar-refractivity contribution is 5.99. The maximum Gasteiger partial charge on any atom is 0.352 e. The van der Waals surface area contributed by atoms with Crippen molar-refractivity contribution in [2.45, 2.75) is 6.92 Å². The molecule has 0 unspecified atom stereocenters. The molecule has 0 aliphatic rings. The number of carboxylic acids is 1. The monoisotopic (exact) mass is 245 g/mol. The van der Waals surface area contributed by atoms with E-state index in [-0.39, 0.29) is 6.05 Å². The normalized spacial score (nSPS) is 12.8. The Morgan fingerprint density at radius 1 is 1.44 bits per heavy atom. The molecule has 18 heavy (non-hydrogen) atoms. The van der Waals surface area contributed by atoms with Crippen LogP contribution in [0.4, 0.5) is 0 Å². The number of hydrogen-bond acceptors (Lipinski definition) is 2. The van der Waals surface area contributed by atoms with Crippen molar-refractivity contribution in [1.29, 1.82) is 0 Å². The lowest BCUT2D eigenvalue weighted by molar-refractivity contribution is -0.134. The van der Waals surface area contributed by atoms with Gasteiger partial charge in [0.1, 0.15) is 5.70 Å². The number of benzene rings is 1. The van der Waals surface area contributed by atoms with Crippen molar-refractivity contribution < 1.29 is 16.1 Å². The Morgan fingerprint density at radius 3 is 2.83 bits per heavy atom. The van der Waals surface area contributed by atoms with Crippen molar-refractivity contribution in [2.75, 3.05) is 0 Å². The van der Waals surface area contributed by atoms with Gasteiger partial charge >= 0.3 is 5.97 Å². The molecule has 1 amide bonds. The Hall–Kier alpha value is -2.56. The molecule has 3 N–H and O–H groups in total. The molecule has 1 aromatic heterocycles. The number of para-hydroxylation sites is 1. The van der Waals surface area contributed by atoms with E-state index in [1.807, 2.05) is 12.1 Å². The first kappa shape index (κ1) is 10.6. The lowest BCUT2D eigenvalue weighted by Crippen LogP contribution is -2.24. The Bertz CT molecular complexity index is 688. The zero-order valence-electron chi connectivity index (χ0n) is 10.7. The smallest absolute Gasteiger partial charge is 0.352 e. The Morgan fingerprint density at radius 2 is 2.17 bits per heavy atom. The van der Waals surface area contributed by atoms with Gasteiger partial charge in [0.15, 0.2) is 0 Å². The van der Waals surface area contributed by atoms with Crippen molar-refractivity contribution in [3.8, 4) is 0 Å². The fourth-order valence-corrected chi connectivity index (χ4v) is 1.62. The van der Waals surface area contributed by atoms with Crippen molar-refractivity contribution in [2.24, 2.45) is 0 Å². The SMILES string of the molecule is [2H]/C(=C(/NC(C)=O)C(=O)O)c1c[nH]c2ccccc12. The summed E-state index contributed by atoms with van der Waals surface area (Å²) in [5.74, 6) is -1.87. The summed E-state index contributed by atoms with van der Waals surface area (Å²) in [4.78, 5) is 25.1. The highest BCUT2D eigenvalue weighted by Gasteiger charge is 2.10. The van der Waals surface area contributed by atoms with E-state index in [4.69, 9.17) is 6.48 Å². The first-order valence-corrected chi connectivity index (χ1v) is 5.29. The first-order chi connectivity index (χ1) is 9.00. The summed E-state index contributed by atoms with van der Waals surface area (Å²) in [6.45, 7) is 1.20. The minimum atomic E-state index is -1.34. The molecular weight excluding hydrogens is 232 g/mol. The van der Waals surface area contributed by atoms with Crippen LogP contribution in [-0.4, -0.2) is 22.0 Å². The number of carboxylic acid groups (broad SMARTS) is 1. The van der Waals surface area contributed by atoms with Gasteiger partial charge in [-0.25, -0.2) is 4.79 Å². The predicted molar refractivity (Wildman–Crippen MR) is 67.7 cm³/mol. The zero-order chi connectivity index (χ0) is 14.0. The van der Waals surface area contributed by atoms with Crippen LogP contribution in [0.15, 0.2) is 36.2 Å². The minimum Gasteiger partial charge on any atom is -0.477 e. The molecule has 92 valence electrons. The van der Waals surface area contributed by atoms with Gasteiger partial charge in [0.2, 0.25) is 5.91 Å². The average Bonchev–Trinajstić information content (AvgIpc) is 2.78. The second-order valence-electron chi connectivity index (χ2n) is 3.73. The summed E-state index contributed by atoms with van der Waals surface area (Å²) < 4.78 is 7.96. The van der Waals surface area contributed by atoms with E-state index in [0.717, 1.165) is 10.9 Å². The van der Waals surface area contributed by atoms with E-state index in [2.05, 4.69) is 10.3 Å². The molecular formula is C13H12N2O3. The van der Waals surface area contributed by atoms with Gasteiger partial charge < -0.3 is 15.4 Å². The second kappa shape index (κ2) is 4.75. The summed E-state index contributed by atoms with van der Waals surface area (Å²) in [5.41, 5.74) is 0.800. The fourth-order valence-electron chi connectivity index (χ4n) is 1.62. The molecule has 0 saturated carbocycles. The van der Waals surface area contributed by atoms with Gasteiger partial charge in [0.05, 0.1) is 1.37 Å². The Kier molecular flexibility index (Phi) is 2.79. The zero-order valence-corrected chi connectivity index (χ0v) is 9.65. The number of carbonyl (C=O) groups is 2. The van der Waals surface area contributed by atoms with Crippen molar-refractivity contribution in [3.63, 3.8) is 0 Å². The van der Waals surface area contributed by atoms with Crippen molar-refractivity contribution >= 4 is 28.8 Å². The van der Waals surface area contributed by atoms with Gasteiger partial charge in [-0.3, -0.25) is 4.79 Å². The van der Waals surface area contributed by atoms with E-state index in [1.54, 1.807) is 18.3 Å². The largest absolute Gasteiger partial charge is 0.477 e. The van der Waals surface area contributed by atoms with Crippen LogP contribution in [0.3, 0.4) is 0 Å². The summed E-state index contributed by atoms with van der Waals surface area (Å²) in [6.07, 6.45) is 1.55. The van der Waals surface area contributed by atoms with E-state index >= 15 is 0 Å². The molecule has 0 bridgehead atoms. The molecule has 0 fully saturated rings. The molecule has 0 atom stereocenters. The van der Waals surface area contributed by atoms with Crippen LogP contribution in [-0.2, 0) is 9.59 Å². The summed E-state index contributed by atoms with van der Waals surface area (Å²) in [5, 5.41) is 12.0. The van der Waals surface area contributed by atoms with E-state index < -0.39 is 17.6 Å². The molecule has 5 nitrogen and oxygen atoms in total. The third-order valence-corrected chi connectivity index (χ3v) is 2.36. The van der Waals surface area contributed by atoms with E-state index in [0.29, 0.717) is 5.56 Å². The Balaban J connectivity index is 2.60. The van der Waals surface area contributed by atoms with Gasteiger partial charge in [-0.05, 0) is 12.1 Å². The number of carbonyl (C=O) groups excluding carboxylic acids is 1. The quantitative estimate of drug-likeness (QED) is 0.720. The fraction of sp³-hybridized carbons (Fsp3) is 0.0769. The Labute approximate surface area is 105 Å². The van der Waals surface area contributed by atoms with Crippen LogP contribution in [0, 0.1) is 0 Å². The topological polar surface area (TPSA) is 82.2 Å². The number of amides is 1.